The van der Waals surface area contributed by atoms with E-state index in [-0.39, 0.29) is 0 Å². The van der Waals surface area contributed by atoms with Crippen molar-refractivity contribution >= 4 is 49.9 Å². The predicted octanol–water partition coefficient (Wildman–Crippen LogP) is 5.84. The summed E-state index contributed by atoms with van der Waals surface area (Å²) in [5, 5.41) is 3.81. The first kappa shape index (κ1) is 15.0. The third kappa shape index (κ3) is 3.29. The molecule has 1 aromatic carbocycles. The molecule has 0 saturated carbocycles. The molecule has 0 spiro atoms. The summed E-state index contributed by atoms with van der Waals surface area (Å²) in [4.78, 5) is 1.58. The van der Waals surface area contributed by atoms with Crippen molar-refractivity contribution in [2.75, 3.05) is 0 Å². The Bertz CT molecular complexity index is 593. The number of aryl methyl sites for hydroxylation is 1. The van der Waals surface area contributed by atoms with E-state index < -0.39 is 0 Å². The summed E-state index contributed by atoms with van der Waals surface area (Å²) in [7, 11) is 0. The third-order valence-corrected chi connectivity index (χ3v) is 6.40. The van der Waals surface area contributed by atoms with Crippen molar-refractivity contribution in [3.63, 3.8) is 0 Å². The monoisotopic (exact) mass is 461 g/mol. The zero-order valence-corrected chi connectivity index (χ0v) is 15.9. The molecule has 1 aromatic heterocycles. The van der Waals surface area contributed by atoms with Gasteiger partial charge in [-0.2, -0.15) is 0 Å². The van der Waals surface area contributed by atoms with E-state index in [9.17, 15) is 0 Å². The van der Waals surface area contributed by atoms with E-state index >= 15 is 0 Å². The molecule has 2 atom stereocenters. The van der Waals surface area contributed by atoms with Gasteiger partial charge >= 0.3 is 0 Å². The van der Waals surface area contributed by atoms with E-state index in [1.165, 1.54) is 33.3 Å². The van der Waals surface area contributed by atoms with E-state index in [1.54, 1.807) is 4.88 Å². The van der Waals surface area contributed by atoms with Crippen molar-refractivity contribution in [3.05, 3.63) is 53.7 Å². The van der Waals surface area contributed by atoms with Gasteiger partial charge in [0.05, 0.1) is 2.88 Å². The molecule has 2 aromatic rings. The number of fused-ring (bicyclic) bond motifs is 1. The Labute approximate surface area is 146 Å². The molecule has 1 nitrogen and oxygen atoms in total. The van der Waals surface area contributed by atoms with Gasteiger partial charge in [-0.25, -0.2) is 0 Å². The van der Waals surface area contributed by atoms with Gasteiger partial charge in [0.25, 0.3) is 0 Å². The molecule has 1 aliphatic carbocycles. The van der Waals surface area contributed by atoms with Crippen LogP contribution in [-0.4, -0.2) is 0 Å². The van der Waals surface area contributed by atoms with E-state index in [0.717, 1.165) is 4.47 Å². The normalized spacial score (nSPS) is 19.6. The third-order valence-electron chi connectivity index (χ3n) is 3.90. The second-order valence-electron chi connectivity index (χ2n) is 5.31. The van der Waals surface area contributed by atoms with Gasteiger partial charge in [0.2, 0.25) is 0 Å². The zero-order valence-electron chi connectivity index (χ0n) is 11.3. The van der Waals surface area contributed by atoms with Crippen LogP contribution in [0, 0.1) is 2.88 Å². The van der Waals surface area contributed by atoms with Gasteiger partial charge in [-0.15, -0.1) is 11.3 Å². The second-order valence-corrected chi connectivity index (χ2v) is 9.26. The quantitative estimate of drug-likeness (QED) is 0.566. The maximum Gasteiger partial charge on any atom is 0.0659 e. The first-order chi connectivity index (χ1) is 9.63. The molecule has 106 valence electrons. The second kappa shape index (κ2) is 6.46. The summed E-state index contributed by atoms with van der Waals surface area (Å²) in [6.45, 7) is 2.26. The van der Waals surface area contributed by atoms with Crippen molar-refractivity contribution in [1.29, 1.82) is 0 Å². The topological polar surface area (TPSA) is 12.0 Å². The lowest BCUT2D eigenvalue weighted by molar-refractivity contribution is 0.418. The minimum atomic E-state index is 0.386. The lowest BCUT2D eigenvalue weighted by atomic mass is 9.93. The highest BCUT2D eigenvalue weighted by atomic mass is 127. The summed E-state index contributed by atoms with van der Waals surface area (Å²) in [6.07, 6.45) is 3.81. The number of rotatable bonds is 3. The summed E-state index contributed by atoms with van der Waals surface area (Å²) in [5.41, 5.74) is 2.89. The first-order valence-electron chi connectivity index (χ1n) is 6.93. The maximum atomic E-state index is 3.81. The Morgan fingerprint density at radius 1 is 1.35 bits per heavy atom. The molecule has 3 rings (SSSR count). The number of hydrogen-bond donors (Lipinski definition) is 1. The van der Waals surface area contributed by atoms with Gasteiger partial charge < -0.3 is 5.32 Å². The van der Waals surface area contributed by atoms with Crippen molar-refractivity contribution < 1.29 is 0 Å². The van der Waals surface area contributed by atoms with Gasteiger partial charge in [0.15, 0.2) is 0 Å². The highest BCUT2D eigenvalue weighted by molar-refractivity contribution is 14.1. The Kier molecular flexibility index (Phi) is 4.85. The average molecular weight is 462 g/mol. The van der Waals surface area contributed by atoms with Crippen LogP contribution in [0.5, 0.6) is 0 Å². The zero-order chi connectivity index (χ0) is 14.1. The molecule has 0 saturated heterocycles. The van der Waals surface area contributed by atoms with Gasteiger partial charge in [0, 0.05) is 21.4 Å². The van der Waals surface area contributed by atoms with Crippen LogP contribution in [-0.2, 0) is 6.42 Å². The fourth-order valence-corrected chi connectivity index (χ4v) is 5.23. The molecule has 0 aliphatic heterocycles. The van der Waals surface area contributed by atoms with Crippen LogP contribution in [0.15, 0.2) is 34.8 Å². The largest absolute Gasteiger partial charge is 0.303 e. The lowest BCUT2D eigenvalue weighted by Gasteiger charge is -2.27. The van der Waals surface area contributed by atoms with E-state index in [1.807, 2.05) is 11.3 Å². The average Bonchev–Trinajstić information content (AvgIpc) is 2.81. The molecular weight excluding hydrogens is 445 g/mol. The summed E-state index contributed by atoms with van der Waals surface area (Å²) in [6, 6.07) is 11.9. The number of benzene rings is 1. The first-order valence-corrected chi connectivity index (χ1v) is 9.62. The molecule has 0 amide bonds. The van der Waals surface area contributed by atoms with E-state index in [0.29, 0.717) is 12.1 Å². The van der Waals surface area contributed by atoms with Gasteiger partial charge in [-0.3, -0.25) is 0 Å². The molecule has 4 heteroatoms. The number of nitrogens with one attached hydrogen (secondary N) is 1. The number of halogens is 2. The van der Waals surface area contributed by atoms with Gasteiger partial charge in [0.1, 0.15) is 0 Å². The van der Waals surface area contributed by atoms with E-state index in [2.05, 4.69) is 81.1 Å². The van der Waals surface area contributed by atoms with E-state index in [4.69, 9.17) is 0 Å². The fourth-order valence-electron chi connectivity index (χ4n) is 2.84. The summed E-state index contributed by atoms with van der Waals surface area (Å²) < 4.78 is 2.55. The highest BCUT2D eigenvalue weighted by Gasteiger charge is 2.23. The van der Waals surface area contributed by atoms with Crippen LogP contribution in [0.4, 0.5) is 0 Å². The molecule has 20 heavy (non-hydrogen) atoms. The van der Waals surface area contributed by atoms with Crippen LogP contribution in [0.3, 0.4) is 0 Å². The molecule has 1 aliphatic rings. The predicted molar refractivity (Wildman–Crippen MR) is 98.4 cm³/mol. The Morgan fingerprint density at radius 2 is 2.10 bits per heavy atom. The van der Waals surface area contributed by atoms with Crippen LogP contribution < -0.4 is 5.32 Å². The molecule has 0 fully saturated rings. The molecule has 0 bridgehead atoms. The minimum absolute atomic E-state index is 0.386. The standard InChI is InChI=1S/C16H17BrINS/c1-10(11-5-7-12(17)8-6-11)19-14-3-2-4-15-13(14)9-16(18)20-15/h5-10,14,19H,2-4H2,1H3/t10-,14?/m0/s1. The number of hydrogen-bond acceptors (Lipinski definition) is 2. The molecule has 1 N–H and O–H groups in total. The van der Waals surface area contributed by atoms with Crippen molar-refractivity contribution in [1.82, 2.24) is 5.32 Å². The lowest BCUT2D eigenvalue weighted by Crippen LogP contribution is -2.27. The molecule has 1 unspecified atom stereocenters. The maximum absolute atomic E-state index is 3.81. The van der Waals surface area contributed by atoms with Gasteiger partial charge in [-0.1, -0.05) is 28.1 Å². The van der Waals surface area contributed by atoms with Crippen LogP contribution in [0.25, 0.3) is 0 Å². The van der Waals surface area contributed by atoms with Crippen molar-refractivity contribution in [3.8, 4) is 0 Å². The minimum Gasteiger partial charge on any atom is -0.303 e. The van der Waals surface area contributed by atoms with Crippen molar-refractivity contribution in [2.24, 2.45) is 0 Å². The SMILES string of the molecule is C[C@H](NC1CCCc2sc(I)cc21)c1ccc(Br)cc1. The fraction of sp³-hybridized carbons (Fsp3) is 0.375. The summed E-state index contributed by atoms with van der Waals surface area (Å²) >= 11 is 7.90. The van der Waals surface area contributed by atoms with Gasteiger partial charge in [-0.05, 0) is 78.1 Å². The van der Waals surface area contributed by atoms with Crippen LogP contribution >= 0.6 is 49.9 Å². The molecule has 1 heterocycles. The Hall–Kier alpha value is 0.0900. The Balaban J connectivity index is 1.76. The molecular formula is C16H17BrINS. The molecule has 0 radical (unpaired) electrons. The van der Waals surface area contributed by atoms with Crippen molar-refractivity contribution in [2.45, 2.75) is 38.3 Å². The smallest absolute Gasteiger partial charge is 0.0659 e. The summed E-state index contributed by atoms with van der Waals surface area (Å²) in [5.74, 6) is 0. The number of thiophene rings is 1. The van der Waals surface area contributed by atoms with Crippen LogP contribution in [0.1, 0.15) is 47.9 Å². The Morgan fingerprint density at radius 3 is 2.85 bits per heavy atom. The highest BCUT2D eigenvalue weighted by Crippen LogP contribution is 2.37. The van der Waals surface area contributed by atoms with Crippen LogP contribution in [0.2, 0.25) is 0 Å².